The van der Waals surface area contributed by atoms with Crippen molar-refractivity contribution < 1.29 is 13.9 Å². The third-order valence-electron chi connectivity index (χ3n) is 2.55. The fraction of sp³-hybridized carbons (Fsp3) is 0.286. The van der Waals surface area contributed by atoms with Crippen molar-refractivity contribution in [1.82, 2.24) is 9.97 Å². The van der Waals surface area contributed by atoms with E-state index in [1.165, 1.54) is 12.4 Å². The predicted molar refractivity (Wildman–Crippen MR) is 73.4 cm³/mol. The molecule has 0 aliphatic rings. The Morgan fingerprint density at radius 2 is 2.00 bits per heavy atom. The molecule has 0 amide bonds. The number of rotatable bonds is 5. The SMILES string of the molecule is CCCOc1ncnc(Oc2cc(C)ccc2F)c1N. The summed E-state index contributed by atoms with van der Waals surface area (Å²) in [6, 6.07) is 4.56. The van der Waals surface area contributed by atoms with Crippen molar-refractivity contribution in [2.24, 2.45) is 0 Å². The minimum atomic E-state index is -0.482. The molecule has 2 aromatic rings. The predicted octanol–water partition coefficient (Wildman–Crippen LogP) is 3.09. The van der Waals surface area contributed by atoms with Gasteiger partial charge in [-0.3, -0.25) is 0 Å². The topological polar surface area (TPSA) is 70.3 Å². The maximum absolute atomic E-state index is 13.6. The third kappa shape index (κ3) is 3.14. The van der Waals surface area contributed by atoms with Crippen LogP contribution in [0, 0.1) is 12.7 Å². The zero-order valence-corrected chi connectivity index (χ0v) is 11.4. The summed E-state index contributed by atoms with van der Waals surface area (Å²) in [4.78, 5) is 7.83. The van der Waals surface area contributed by atoms with Gasteiger partial charge in [0.2, 0.25) is 11.8 Å². The van der Waals surface area contributed by atoms with Crippen LogP contribution >= 0.6 is 0 Å². The maximum Gasteiger partial charge on any atom is 0.249 e. The Morgan fingerprint density at radius 3 is 2.75 bits per heavy atom. The van der Waals surface area contributed by atoms with Crippen LogP contribution in [0.2, 0.25) is 0 Å². The van der Waals surface area contributed by atoms with Crippen molar-refractivity contribution >= 4 is 5.69 Å². The fourth-order valence-electron chi connectivity index (χ4n) is 1.55. The molecule has 0 aliphatic heterocycles. The number of anilines is 1. The molecule has 0 unspecified atom stereocenters. The van der Waals surface area contributed by atoms with Crippen molar-refractivity contribution in [3.63, 3.8) is 0 Å². The Kier molecular flexibility index (Phi) is 4.34. The highest BCUT2D eigenvalue weighted by molar-refractivity contribution is 5.56. The highest BCUT2D eigenvalue weighted by Gasteiger charge is 2.13. The van der Waals surface area contributed by atoms with Gasteiger partial charge in [-0.05, 0) is 31.0 Å². The minimum Gasteiger partial charge on any atom is -0.476 e. The van der Waals surface area contributed by atoms with Crippen molar-refractivity contribution in [3.8, 4) is 17.5 Å². The van der Waals surface area contributed by atoms with E-state index in [0.29, 0.717) is 6.61 Å². The lowest BCUT2D eigenvalue weighted by Gasteiger charge is -2.11. The number of aromatic nitrogens is 2. The van der Waals surface area contributed by atoms with E-state index in [2.05, 4.69) is 9.97 Å². The van der Waals surface area contributed by atoms with Crippen LogP contribution in [0.25, 0.3) is 0 Å². The molecule has 5 nitrogen and oxygen atoms in total. The number of nitrogen functional groups attached to an aromatic ring is 1. The van der Waals surface area contributed by atoms with Gasteiger partial charge in [-0.2, -0.15) is 9.97 Å². The van der Waals surface area contributed by atoms with Crippen LogP contribution in [0.15, 0.2) is 24.5 Å². The van der Waals surface area contributed by atoms with Gasteiger partial charge < -0.3 is 15.2 Å². The molecule has 0 spiro atoms. The first kappa shape index (κ1) is 14.0. The highest BCUT2D eigenvalue weighted by atomic mass is 19.1. The summed E-state index contributed by atoms with van der Waals surface area (Å²) in [5.74, 6) is -0.0954. The van der Waals surface area contributed by atoms with Crippen LogP contribution in [-0.2, 0) is 0 Å². The van der Waals surface area contributed by atoms with E-state index in [-0.39, 0.29) is 23.2 Å². The first-order valence-electron chi connectivity index (χ1n) is 6.29. The molecule has 0 saturated heterocycles. The fourth-order valence-corrected chi connectivity index (χ4v) is 1.55. The number of halogens is 1. The van der Waals surface area contributed by atoms with Crippen LogP contribution in [0.1, 0.15) is 18.9 Å². The second-order valence-corrected chi connectivity index (χ2v) is 4.28. The van der Waals surface area contributed by atoms with Crippen molar-refractivity contribution in [2.75, 3.05) is 12.3 Å². The van der Waals surface area contributed by atoms with E-state index >= 15 is 0 Å². The molecule has 1 aromatic heterocycles. The number of benzene rings is 1. The Bertz CT molecular complexity index is 605. The molecule has 106 valence electrons. The Hall–Kier alpha value is -2.37. The van der Waals surface area contributed by atoms with E-state index in [1.807, 2.05) is 13.8 Å². The van der Waals surface area contributed by atoms with Crippen LogP contribution in [0.4, 0.5) is 10.1 Å². The second kappa shape index (κ2) is 6.18. The van der Waals surface area contributed by atoms with Gasteiger partial charge in [-0.15, -0.1) is 0 Å². The number of ether oxygens (including phenoxy) is 2. The molecule has 0 fully saturated rings. The lowest BCUT2D eigenvalue weighted by atomic mass is 10.2. The van der Waals surface area contributed by atoms with E-state index < -0.39 is 5.82 Å². The second-order valence-electron chi connectivity index (χ2n) is 4.28. The van der Waals surface area contributed by atoms with Gasteiger partial charge in [0.15, 0.2) is 17.3 Å². The standard InChI is InChI=1S/C14H16FN3O2/c1-3-6-19-13-12(16)14(18-8-17-13)20-11-7-9(2)4-5-10(11)15/h4-5,7-8H,3,6,16H2,1-2H3. The molecule has 0 radical (unpaired) electrons. The Balaban J connectivity index is 2.27. The summed E-state index contributed by atoms with van der Waals surface area (Å²) in [6.07, 6.45) is 2.09. The number of hydrogen-bond donors (Lipinski definition) is 1. The average Bonchev–Trinajstić information content (AvgIpc) is 2.44. The average molecular weight is 277 g/mol. The monoisotopic (exact) mass is 277 g/mol. The van der Waals surface area contributed by atoms with Crippen LogP contribution in [0.5, 0.6) is 17.5 Å². The summed E-state index contributed by atoms with van der Waals surface area (Å²) in [5.41, 5.74) is 6.89. The molecule has 0 bridgehead atoms. The van der Waals surface area contributed by atoms with Gasteiger partial charge in [-0.1, -0.05) is 13.0 Å². The summed E-state index contributed by atoms with van der Waals surface area (Å²) < 4.78 is 24.4. The van der Waals surface area contributed by atoms with Gasteiger partial charge in [0.05, 0.1) is 6.61 Å². The first-order valence-corrected chi connectivity index (χ1v) is 6.29. The van der Waals surface area contributed by atoms with Crippen LogP contribution < -0.4 is 15.2 Å². The molecular formula is C14H16FN3O2. The van der Waals surface area contributed by atoms with Gasteiger partial charge in [0.25, 0.3) is 0 Å². The van der Waals surface area contributed by atoms with E-state index in [0.717, 1.165) is 12.0 Å². The largest absolute Gasteiger partial charge is 0.476 e. The van der Waals surface area contributed by atoms with Crippen molar-refractivity contribution in [2.45, 2.75) is 20.3 Å². The third-order valence-corrected chi connectivity index (χ3v) is 2.55. The zero-order valence-electron chi connectivity index (χ0n) is 11.4. The van der Waals surface area contributed by atoms with Crippen molar-refractivity contribution in [3.05, 3.63) is 35.9 Å². The highest BCUT2D eigenvalue weighted by Crippen LogP contribution is 2.32. The lowest BCUT2D eigenvalue weighted by molar-refractivity contribution is 0.304. The van der Waals surface area contributed by atoms with Gasteiger partial charge in [0, 0.05) is 0 Å². The number of nitrogens with two attached hydrogens (primary N) is 1. The number of hydrogen-bond acceptors (Lipinski definition) is 5. The molecule has 0 saturated carbocycles. The van der Waals surface area contributed by atoms with Crippen molar-refractivity contribution in [1.29, 1.82) is 0 Å². The molecule has 2 rings (SSSR count). The number of aryl methyl sites for hydroxylation is 1. The lowest BCUT2D eigenvalue weighted by Crippen LogP contribution is -2.04. The Labute approximate surface area is 116 Å². The molecule has 20 heavy (non-hydrogen) atoms. The number of nitrogens with zero attached hydrogens (tertiary/aromatic N) is 2. The van der Waals surface area contributed by atoms with E-state index in [1.54, 1.807) is 12.1 Å². The Morgan fingerprint density at radius 1 is 1.25 bits per heavy atom. The molecule has 6 heteroatoms. The smallest absolute Gasteiger partial charge is 0.249 e. The minimum absolute atomic E-state index is 0.0665. The molecule has 1 heterocycles. The maximum atomic E-state index is 13.6. The first-order chi connectivity index (χ1) is 9.61. The summed E-state index contributed by atoms with van der Waals surface area (Å²) in [7, 11) is 0. The van der Waals surface area contributed by atoms with Crippen LogP contribution in [0.3, 0.4) is 0 Å². The van der Waals surface area contributed by atoms with E-state index in [4.69, 9.17) is 15.2 Å². The molecule has 0 aliphatic carbocycles. The zero-order chi connectivity index (χ0) is 14.5. The normalized spacial score (nSPS) is 10.3. The molecule has 1 aromatic carbocycles. The summed E-state index contributed by atoms with van der Waals surface area (Å²) in [5, 5.41) is 0. The summed E-state index contributed by atoms with van der Waals surface area (Å²) >= 11 is 0. The van der Waals surface area contributed by atoms with E-state index in [9.17, 15) is 4.39 Å². The molecular weight excluding hydrogens is 261 g/mol. The van der Waals surface area contributed by atoms with Crippen LogP contribution in [-0.4, -0.2) is 16.6 Å². The van der Waals surface area contributed by atoms with Gasteiger partial charge in [0.1, 0.15) is 6.33 Å². The van der Waals surface area contributed by atoms with Gasteiger partial charge >= 0.3 is 0 Å². The van der Waals surface area contributed by atoms with Gasteiger partial charge in [-0.25, -0.2) is 4.39 Å². The molecule has 2 N–H and O–H groups in total. The molecule has 0 atom stereocenters. The summed E-state index contributed by atoms with van der Waals surface area (Å²) in [6.45, 7) is 4.29. The quantitative estimate of drug-likeness (QED) is 0.909.